The molecule has 0 atom stereocenters. The van der Waals surface area contributed by atoms with Crippen LogP contribution < -0.4 is 0 Å². The van der Waals surface area contributed by atoms with Gasteiger partial charge in [-0.1, -0.05) is 19.9 Å². The smallest absolute Gasteiger partial charge is 0.0991 e. The Labute approximate surface area is 108 Å². The van der Waals surface area contributed by atoms with Crippen LogP contribution in [0.4, 0.5) is 0 Å². The maximum Gasteiger partial charge on any atom is 0.0991 e. The fourth-order valence-electron chi connectivity index (χ4n) is 2.00. The molecule has 0 saturated carbocycles. The average molecular weight is 239 g/mol. The maximum absolute atomic E-state index is 8.99. The predicted molar refractivity (Wildman–Crippen MR) is 72.0 cm³/mol. The molecule has 1 aromatic heterocycles. The van der Waals surface area contributed by atoms with Crippen molar-refractivity contribution in [3.63, 3.8) is 0 Å². The van der Waals surface area contributed by atoms with E-state index in [0.29, 0.717) is 11.5 Å². The van der Waals surface area contributed by atoms with Crippen molar-refractivity contribution in [2.24, 2.45) is 5.92 Å². The van der Waals surface area contributed by atoms with E-state index in [2.05, 4.69) is 31.1 Å². The first kappa shape index (κ1) is 12.4. The lowest BCUT2D eigenvalue weighted by atomic mass is 10.0. The van der Waals surface area contributed by atoms with E-state index in [-0.39, 0.29) is 0 Å². The second-order valence-corrected chi connectivity index (χ2v) is 5.04. The zero-order valence-electron chi connectivity index (χ0n) is 11.0. The summed E-state index contributed by atoms with van der Waals surface area (Å²) < 4.78 is 1.95. The molecule has 3 heteroatoms. The zero-order valence-corrected chi connectivity index (χ0v) is 11.0. The van der Waals surface area contributed by atoms with Crippen molar-refractivity contribution in [3.8, 4) is 17.2 Å². The molecule has 0 bridgehead atoms. The number of rotatable bonds is 3. The van der Waals surface area contributed by atoms with Crippen LogP contribution in [0.15, 0.2) is 30.6 Å². The highest BCUT2D eigenvalue weighted by Gasteiger charge is 2.05. The monoisotopic (exact) mass is 239 g/mol. The van der Waals surface area contributed by atoms with Gasteiger partial charge in [0.15, 0.2) is 0 Å². The highest BCUT2D eigenvalue weighted by atomic mass is 15.3. The molecular formula is C15H17N3. The fraction of sp³-hybridized carbons (Fsp3) is 0.333. The molecule has 0 N–H and O–H groups in total. The fourth-order valence-corrected chi connectivity index (χ4v) is 2.00. The molecule has 0 radical (unpaired) electrons. The van der Waals surface area contributed by atoms with Crippen LogP contribution in [0.25, 0.3) is 11.1 Å². The molecule has 0 saturated heterocycles. The Morgan fingerprint density at radius 2 is 2.06 bits per heavy atom. The number of aromatic nitrogens is 2. The van der Waals surface area contributed by atoms with E-state index in [1.54, 1.807) is 0 Å². The number of nitriles is 1. The molecule has 0 aliphatic carbocycles. The lowest BCUT2D eigenvalue weighted by Gasteiger charge is -2.04. The highest BCUT2D eigenvalue weighted by molar-refractivity contribution is 5.64. The van der Waals surface area contributed by atoms with Gasteiger partial charge in [-0.3, -0.25) is 4.68 Å². The van der Waals surface area contributed by atoms with E-state index in [9.17, 15) is 0 Å². The van der Waals surface area contributed by atoms with Gasteiger partial charge < -0.3 is 0 Å². The Hall–Kier alpha value is -2.08. The van der Waals surface area contributed by atoms with E-state index >= 15 is 0 Å². The molecule has 2 rings (SSSR count). The lowest BCUT2D eigenvalue weighted by Crippen LogP contribution is -2.03. The minimum absolute atomic E-state index is 0.574. The summed E-state index contributed by atoms with van der Waals surface area (Å²) in [6.45, 7) is 7.25. The van der Waals surface area contributed by atoms with Gasteiger partial charge >= 0.3 is 0 Å². The van der Waals surface area contributed by atoms with Gasteiger partial charge in [-0.05, 0) is 36.1 Å². The molecule has 0 amide bonds. The molecule has 2 aromatic rings. The third-order valence-corrected chi connectivity index (χ3v) is 2.73. The standard InChI is InChI=1S/C15H17N3/c1-11(2)9-18-10-15(8-17-18)14-5-12(3)4-13(6-14)7-16/h4-6,8,10-11H,9H2,1-3H3. The van der Waals surface area contributed by atoms with Crippen LogP contribution in [0, 0.1) is 24.2 Å². The number of hydrogen-bond donors (Lipinski definition) is 0. The van der Waals surface area contributed by atoms with Crippen LogP contribution in [-0.4, -0.2) is 9.78 Å². The Kier molecular flexibility index (Phi) is 3.47. The van der Waals surface area contributed by atoms with Crippen molar-refractivity contribution >= 4 is 0 Å². The molecule has 18 heavy (non-hydrogen) atoms. The summed E-state index contributed by atoms with van der Waals surface area (Å²) in [5, 5.41) is 13.3. The van der Waals surface area contributed by atoms with Crippen LogP contribution >= 0.6 is 0 Å². The van der Waals surface area contributed by atoms with Gasteiger partial charge in [-0.25, -0.2) is 0 Å². The van der Waals surface area contributed by atoms with E-state index in [0.717, 1.165) is 23.2 Å². The Morgan fingerprint density at radius 3 is 2.72 bits per heavy atom. The number of hydrogen-bond acceptors (Lipinski definition) is 2. The molecule has 0 aliphatic heterocycles. The van der Waals surface area contributed by atoms with Gasteiger partial charge in [0.05, 0.1) is 17.8 Å². The van der Waals surface area contributed by atoms with Crippen LogP contribution in [0.5, 0.6) is 0 Å². The Morgan fingerprint density at radius 1 is 1.28 bits per heavy atom. The largest absolute Gasteiger partial charge is 0.272 e. The number of nitrogens with zero attached hydrogens (tertiary/aromatic N) is 3. The third-order valence-electron chi connectivity index (χ3n) is 2.73. The summed E-state index contributed by atoms with van der Waals surface area (Å²) in [7, 11) is 0. The van der Waals surface area contributed by atoms with Crippen LogP contribution in [0.3, 0.4) is 0 Å². The molecule has 92 valence electrons. The lowest BCUT2D eigenvalue weighted by molar-refractivity contribution is 0.483. The van der Waals surface area contributed by atoms with E-state index in [1.807, 2.05) is 36.1 Å². The van der Waals surface area contributed by atoms with Gasteiger partial charge in [-0.2, -0.15) is 10.4 Å². The summed E-state index contributed by atoms with van der Waals surface area (Å²) in [6, 6.07) is 8.07. The maximum atomic E-state index is 8.99. The van der Waals surface area contributed by atoms with Gasteiger partial charge in [0.1, 0.15) is 0 Å². The third kappa shape index (κ3) is 2.78. The minimum Gasteiger partial charge on any atom is -0.272 e. The minimum atomic E-state index is 0.574. The highest BCUT2D eigenvalue weighted by Crippen LogP contribution is 2.21. The zero-order chi connectivity index (χ0) is 13.1. The molecule has 1 aromatic carbocycles. The van der Waals surface area contributed by atoms with Gasteiger partial charge in [0.2, 0.25) is 0 Å². The second kappa shape index (κ2) is 5.05. The molecule has 0 spiro atoms. The first-order valence-electron chi connectivity index (χ1n) is 6.13. The summed E-state index contributed by atoms with van der Waals surface area (Å²) in [6.07, 6.45) is 3.90. The molecular weight excluding hydrogens is 222 g/mol. The quantitative estimate of drug-likeness (QED) is 0.823. The first-order chi connectivity index (χ1) is 8.58. The van der Waals surface area contributed by atoms with Crippen LogP contribution in [0.2, 0.25) is 0 Å². The van der Waals surface area contributed by atoms with Crippen molar-refractivity contribution in [1.82, 2.24) is 9.78 Å². The summed E-state index contributed by atoms with van der Waals surface area (Å²) >= 11 is 0. The van der Waals surface area contributed by atoms with Crippen molar-refractivity contribution in [2.45, 2.75) is 27.3 Å². The van der Waals surface area contributed by atoms with Crippen molar-refractivity contribution in [2.75, 3.05) is 0 Å². The van der Waals surface area contributed by atoms with E-state index < -0.39 is 0 Å². The van der Waals surface area contributed by atoms with Gasteiger partial charge in [-0.15, -0.1) is 0 Å². The SMILES string of the molecule is Cc1cc(C#N)cc(-c2cnn(CC(C)C)c2)c1. The summed E-state index contributed by atoms with van der Waals surface area (Å²) in [5.41, 5.74) is 3.92. The van der Waals surface area contributed by atoms with Gasteiger partial charge in [0.25, 0.3) is 0 Å². The molecule has 0 unspecified atom stereocenters. The van der Waals surface area contributed by atoms with Crippen molar-refractivity contribution < 1.29 is 0 Å². The first-order valence-corrected chi connectivity index (χ1v) is 6.13. The van der Waals surface area contributed by atoms with Gasteiger partial charge in [0, 0.05) is 18.3 Å². The normalized spacial score (nSPS) is 10.6. The van der Waals surface area contributed by atoms with Crippen LogP contribution in [-0.2, 0) is 6.54 Å². The predicted octanol–water partition coefficient (Wildman–Crippen LogP) is 3.39. The molecule has 3 nitrogen and oxygen atoms in total. The van der Waals surface area contributed by atoms with E-state index in [1.165, 1.54) is 0 Å². The van der Waals surface area contributed by atoms with Crippen LogP contribution in [0.1, 0.15) is 25.0 Å². The van der Waals surface area contributed by atoms with Crippen molar-refractivity contribution in [3.05, 3.63) is 41.7 Å². The summed E-state index contributed by atoms with van der Waals surface area (Å²) in [5.74, 6) is 0.574. The molecule has 0 aliphatic rings. The Balaban J connectivity index is 2.34. The van der Waals surface area contributed by atoms with E-state index in [4.69, 9.17) is 5.26 Å². The van der Waals surface area contributed by atoms with Crippen molar-refractivity contribution in [1.29, 1.82) is 5.26 Å². The average Bonchev–Trinajstić information content (AvgIpc) is 2.75. The number of aryl methyl sites for hydroxylation is 1. The topological polar surface area (TPSA) is 41.6 Å². The molecule has 1 heterocycles. The summed E-state index contributed by atoms with van der Waals surface area (Å²) in [4.78, 5) is 0. The molecule has 0 fully saturated rings. The Bertz CT molecular complexity index is 588. The second-order valence-electron chi connectivity index (χ2n) is 5.04. The number of benzene rings is 1.